The molecule has 0 heterocycles. The van der Waals surface area contributed by atoms with E-state index >= 15 is 0 Å². The van der Waals surface area contributed by atoms with Gasteiger partial charge in [0.15, 0.2) is 0 Å². The molecule has 0 saturated heterocycles. The van der Waals surface area contributed by atoms with Gasteiger partial charge in [0.2, 0.25) is 0 Å². The minimum Gasteiger partial charge on any atom is -0.478 e. The number of carbonyl (C=O) groups excluding carboxylic acids is 1. The molecule has 22 heavy (non-hydrogen) atoms. The number of carboxylic acids is 1. The molecule has 0 spiro atoms. The van der Waals surface area contributed by atoms with Crippen molar-refractivity contribution in [1.82, 2.24) is 5.32 Å². The molecular weight excluding hydrogens is 296 g/mol. The van der Waals surface area contributed by atoms with Crippen LogP contribution in [-0.2, 0) is 4.74 Å². The Bertz CT molecular complexity index is 606. The maximum atomic E-state index is 13.5. The van der Waals surface area contributed by atoms with E-state index in [1.807, 2.05) is 0 Å². The van der Waals surface area contributed by atoms with Gasteiger partial charge in [0.1, 0.15) is 17.2 Å². The van der Waals surface area contributed by atoms with E-state index in [2.05, 4.69) is 5.32 Å². The Hall–Kier alpha value is -2.44. The fraction of sp³-hybridized carbons (Fsp3) is 0.333. The first-order chi connectivity index (χ1) is 10.1. The van der Waals surface area contributed by atoms with Crippen molar-refractivity contribution in [2.45, 2.75) is 26.4 Å². The minimum absolute atomic E-state index is 0.0497. The van der Waals surface area contributed by atoms with E-state index in [0.717, 1.165) is 6.07 Å². The number of alkyl carbamates (subject to hydrolysis) is 1. The zero-order valence-electron chi connectivity index (χ0n) is 12.4. The van der Waals surface area contributed by atoms with E-state index in [0.29, 0.717) is 6.07 Å². The lowest BCUT2D eigenvalue weighted by atomic mass is 10.1. The van der Waals surface area contributed by atoms with Crippen molar-refractivity contribution in [3.8, 4) is 0 Å². The van der Waals surface area contributed by atoms with Crippen molar-refractivity contribution in [3.05, 3.63) is 41.0 Å². The Morgan fingerprint density at radius 2 is 1.91 bits per heavy atom. The average molecular weight is 313 g/mol. The summed E-state index contributed by atoms with van der Waals surface area (Å²) >= 11 is 0. The number of hydrogen-bond donors (Lipinski definition) is 2. The SMILES string of the molecule is CC(C)(C)OC(=O)NCC=Cc1cc(C(=O)O)c(F)cc1F. The Kier molecular flexibility index (Phi) is 5.62. The van der Waals surface area contributed by atoms with Crippen LogP contribution in [0, 0.1) is 11.6 Å². The van der Waals surface area contributed by atoms with Crippen molar-refractivity contribution in [2.24, 2.45) is 0 Å². The van der Waals surface area contributed by atoms with Crippen molar-refractivity contribution >= 4 is 18.1 Å². The summed E-state index contributed by atoms with van der Waals surface area (Å²) in [6.07, 6.45) is 2.01. The maximum absolute atomic E-state index is 13.5. The largest absolute Gasteiger partial charge is 0.478 e. The summed E-state index contributed by atoms with van der Waals surface area (Å²) in [4.78, 5) is 22.1. The third kappa shape index (κ3) is 5.51. The molecule has 1 aromatic rings. The fourth-order valence-corrected chi connectivity index (χ4v) is 1.50. The summed E-state index contributed by atoms with van der Waals surface area (Å²) in [5, 5.41) is 11.2. The van der Waals surface area contributed by atoms with Gasteiger partial charge < -0.3 is 15.2 Å². The summed E-state index contributed by atoms with van der Waals surface area (Å²) in [6.45, 7) is 5.19. The molecule has 0 fully saturated rings. The molecule has 0 aliphatic carbocycles. The van der Waals surface area contributed by atoms with Crippen LogP contribution < -0.4 is 5.32 Å². The Morgan fingerprint density at radius 3 is 2.45 bits per heavy atom. The van der Waals surface area contributed by atoms with E-state index in [1.165, 1.54) is 12.2 Å². The molecule has 0 bridgehead atoms. The van der Waals surface area contributed by atoms with Crippen LogP contribution in [0.25, 0.3) is 6.08 Å². The van der Waals surface area contributed by atoms with Crippen LogP contribution in [0.15, 0.2) is 18.2 Å². The lowest BCUT2D eigenvalue weighted by Crippen LogP contribution is -2.32. The molecule has 120 valence electrons. The van der Waals surface area contributed by atoms with Crippen LogP contribution in [-0.4, -0.2) is 29.3 Å². The number of ether oxygens (including phenoxy) is 1. The van der Waals surface area contributed by atoms with E-state index in [1.54, 1.807) is 20.8 Å². The van der Waals surface area contributed by atoms with Crippen molar-refractivity contribution in [1.29, 1.82) is 0 Å². The number of hydrogen-bond acceptors (Lipinski definition) is 3. The molecule has 0 aliphatic heterocycles. The second-order valence-electron chi connectivity index (χ2n) is 5.44. The summed E-state index contributed by atoms with van der Waals surface area (Å²) in [6, 6.07) is 1.39. The van der Waals surface area contributed by atoms with Gasteiger partial charge >= 0.3 is 12.1 Å². The quantitative estimate of drug-likeness (QED) is 0.895. The number of carbonyl (C=O) groups is 2. The first-order valence-electron chi connectivity index (χ1n) is 6.46. The van der Waals surface area contributed by atoms with Crippen LogP contribution in [0.2, 0.25) is 0 Å². The van der Waals surface area contributed by atoms with Crippen LogP contribution in [0.4, 0.5) is 13.6 Å². The smallest absolute Gasteiger partial charge is 0.407 e. The number of carboxylic acid groups (broad SMARTS) is 1. The minimum atomic E-state index is -1.49. The number of aromatic carboxylic acids is 1. The Balaban J connectivity index is 2.69. The van der Waals surface area contributed by atoms with Gasteiger partial charge in [-0.15, -0.1) is 0 Å². The summed E-state index contributed by atoms with van der Waals surface area (Å²) in [5.74, 6) is -3.52. The summed E-state index contributed by atoms with van der Waals surface area (Å²) in [5.41, 5.74) is -1.35. The average Bonchev–Trinajstić information content (AvgIpc) is 2.33. The van der Waals surface area contributed by atoms with Gasteiger partial charge in [-0.25, -0.2) is 18.4 Å². The first-order valence-corrected chi connectivity index (χ1v) is 6.46. The molecule has 0 radical (unpaired) electrons. The molecule has 7 heteroatoms. The molecule has 2 N–H and O–H groups in total. The molecule has 0 aliphatic rings. The zero-order chi connectivity index (χ0) is 16.9. The predicted molar refractivity (Wildman–Crippen MR) is 76.6 cm³/mol. The second kappa shape index (κ2) is 7.02. The molecule has 0 atom stereocenters. The third-order valence-corrected chi connectivity index (χ3v) is 2.38. The summed E-state index contributed by atoms with van der Waals surface area (Å²) < 4.78 is 31.7. The molecule has 1 aromatic carbocycles. The number of rotatable bonds is 4. The monoisotopic (exact) mass is 313 g/mol. The van der Waals surface area contributed by atoms with Crippen LogP contribution in [0.1, 0.15) is 36.7 Å². The van der Waals surface area contributed by atoms with Gasteiger partial charge in [-0.1, -0.05) is 12.2 Å². The van der Waals surface area contributed by atoms with E-state index in [4.69, 9.17) is 9.84 Å². The normalized spacial score (nSPS) is 11.5. The highest BCUT2D eigenvalue weighted by Crippen LogP contribution is 2.16. The fourth-order valence-electron chi connectivity index (χ4n) is 1.50. The maximum Gasteiger partial charge on any atom is 0.407 e. The predicted octanol–water partition coefficient (Wildman–Crippen LogP) is 3.20. The first kappa shape index (κ1) is 17.6. The van der Waals surface area contributed by atoms with Gasteiger partial charge in [0.25, 0.3) is 0 Å². The summed E-state index contributed by atoms with van der Waals surface area (Å²) in [7, 11) is 0. The zero-order valence-corrected chi connectivity index (χ0v) is 12.4. The molecule has 0 aromatic heterocycles. The van der Waals surface area contributed by atoms with E-state index < -0.39 is 34.9 Å². The lowest BCUT2D eigenvalue weighted by molar-refractivity contribution is 0.0533. The number of halogens is 2. The third-order valence-electron chi connectivity index (χ3n) is 2.38. The van der Waals surface area contributed by atoms with Crippen molar-refractivity contribution < 1.29 is 28.2 Å². The molecule has 5 nitrogen and oxygen atoms in total. The second-order valence-corrected chi connectivity index (χ2v) is 5.44. The standard InChI is InChI=1S/C15H17F2NO4/c1-15(2,3)22-14(21)18-6-4-5-9-7-10(13(19)20)12(17)8-11(9)16/h4-5,7-8H,6H2,1-3H3,(H,18,21)(H,19,20). The van der Waals surface area contributed by atoms with Crippen molar-refractivity contribution in [3.63, 3.8) is 0 Å². The van der Waals surface area contributed by atoms with Gasteiger partial charge in [0, 0.05) is 18.2 Å². The Morgan fingerprint density at radius 1 is 1.27 bits per heavy atom. The van der Waals surface area contributed by atoms with Gasteiger partial charge in [-0.05, 0) is 26.8 Å². The van der Waals surface area contributed by atoms with Gasteiger partial charge in [-0.3, -0.25) is 0 Å². The van der Waals surface area contributed by atoms with Gasteiger partial charge in [0.05, 0.1) is 5.56 Å². The van der Waals surface area contributed by atoms with E-state index in [9.17, 15) is 18.4 Å². The molecule has 1 amide bonds. The Labute approximate surface area is 126 Å². The topological polar surface area (TPSA) is 75.6 Å². The number of nitrogens with one attached hydrogen (secondary N) is 1. The highest BCUT2D eigenvalue weighted by atomic mass is 19.1. The number of amides is 1. The van der Waals surface area contributed by atoms with Crippen molar-refractivity contribution in [2.75, 3.05) is 6.54 Å². The molecule has 1 rings (SSSR count). The highest BCUT2D eigenvalue weighted by Gasteiger charge is 2.15. The highest BCUT2D eigenvalue weighted by molar-refractivity contribution is 5.88. The van der Waals surface area contributed by atoms with Crippen LogP contribution in [0.5, 0.6) is 0 Å². The van der Waals surface area contributed by atoms with Crippen LogP contribution >= 0.6 is 0 Å². The van der Waals surface area contributed by atoms with E-state index in [-0.39, 0.29) is 12.1 Å². The number of benzene rings is 1. The van der Waals surface area contributed by atoms with Crippen LogP contribution in [0.3, 0.4) is 0 Å². The molecule has 0 saturated carbocycles. The molecular formula is C15H17F2NO4. The van der Waals surface area contributed by atoms with Gasteiger partial charge in [-0.2, -0.15) is 0 Å². The molecule has 0 unspecified atom stereocenters. The lowest BCUT2D eigenvalue weighted by Gasteiger charge is -2.19.